The number of amides is 1. The molecule has 0 atom stereocenters. The van der Waals surface area contributed by atoms with Crippen LogP contribution >= 0.6 is 12.2 Å². The van der Waals surface area contributed by atoms with Gasteiger partial charge in [-0.1, -0.05) is 48.5 Å². The van der Waals surface area contributed by atoms with Gasteiger partial charge < -0.3 is 10.1 Å². The number of hydrazine groups is 1. The number of carbonyl (C=O) groups is 1. The first-order valence-corrected chi connectivity index (χ1v) is 7.98. The molecule has 0 unspecified atom stereocenters. The smallest absolute Gasteiger partial charge is 0.243 e. The first kappa shape index (κ1) is 17.7. The Morgan fingerprint density at radius 1 is 1.12 bits per heavy atom. The van der Waals surface area contributed by atoms with Crippen molar-refractivity contribution in [3.63, 3.8) is 0 Å². The van der Waals surface area contributed by atoms with Gasteiger partial charge in [0.05, 0.1) is 13.5 Å². The molecular weight excluding hydrogens is 322 g/mol. The summed E-state index contributed by atoms with van der Waals surface area (Å²) in [6.45, 7) is 0.604. The molecule has 5 nitrogen and oxygen atoms in total. The number of rotatable bonds is 5. The van der Waals surface area contributed by atoms with Crippen LogP contribution in [-0.2, 0) is 17.8 Å². The minimum absolute atomic E-state index is 0.161. The molecule has 0 saturated heterocycles. The van der Waals surface area contributed by atoms with Crippen molar-refractivity contribution in [2.24, 2.45) is 0 Å². The normalized spacial score (nSPS) is 9.92. The Labute approximate surface area is 147 Å². The summed E-state index contributed by atoms with van der Waals surface area (Å²) >= 11 is 5.28. The second kappa shape index (κ2) is 8.88. The Bertz CT molecular complexity index is 692. The maximum atomic E-state index is 12.2. The highest BCUT2D eigenvalue weighted by atomic mass is 32.1. The summed E-state index contributed by atoms with van der Waals surface area (Å²) in [6, 6.07) is 17.4. The summed E-state index contributed by atoms with van der Waals surface area (Å²) in [4.78, 5) is 12.2. The number of hydrogen-bond donors (Lipinski definition) is 2. The topological polar surface area (TPSA) is 53.6 Å². The zero-order chi connectivity index (χ0) is 17.4. The molecule has 0 aliphatic heterocycles. The summed E-state index contributed by atoms with van der Waals surface area (Å²) in [5.74, 6) is 0.533. The number of hydrogen-bond acceptors (Lipinski definition) is 3. The monoisotopic (exact) mass is 343 g/mol. The van der Waals surface area contributed by atoms with Crippen LogP contribution in [0, 0.1) is 0 Å². The van der Waals surface area contributed by atoms with Gasteiger partial charge in [-0.05, 0) is 23.8 Å². The SMILES string of the molecule is COc1ccccc1CC(=O)NN(C)C(=S)NCc1ccccc1. The summed E-state index contributed by atoms with van der Waals surface area (Å²) in [6.07, 6.45) is 0.218. The number of thiocarbonyl (C=S) groups is 1. The highest BCUT2D eigenvalue weighted by molar-refractivity contribution is 7.80. The molecule has 126 valence electrons. The van der Waals surface area contributed by atoms with Gasteiger partial charge in [0.1, 0.15) is 5.75 Å². The molecule has 6 heteroatoms. The van der Waals surface area contributed by atoms with Gasteiger partial charge in [-0.25, -0.2) is 0 Å². The van der Waals surface area contributed by atoms with E-state index in [0.29, 0.717) is 17.4 Å². The van der Waals surface area contributed by atoms with Gasteiger partial charge >= 0.3 is 0 Å². The first-order valence-electron chi connectivity index (χ1n) is 7.57. The van der Waals surface area contributed by atoms with Gasteiger partial charge in [-0.3, -0.25) is 15.2 Å². The van der Waals surface area contributed by atoms with E-state index in [1.807, 2.05) is 54.6 Å². The van der Waals surface area contributed by atoms with Crippen molar-refractivity contribution in [2.45, 2.75) is 13.0 Å². The van der Waals surface area contributed by atoms with Crippen LogP contribution < -0.4 is 15.5 Å². The van der Waals surface area contributed by atoms with E-state index in [4.69, 9.17) is 17.0 Å². The Morgan fingerprint density at radius 3 is 2.50 bits per heavy atom. The molecule has 0 radical (unpaired) electrons. The van der Waals surface area contributed by atoms with Crippen LogP contribution in [-0.4, -0.2) is 30.2 Å². The van der Waals surface area contributed by atoms with Crippen LogP contribution in [0.2, 0.25) is 0 Å². The molecule has 0 saturated carbocycles. The molecular formula is C18H21N3O2S. The predicted molar refractivity (Wildman–Crippen MR) is 98.5 cm³/mol. The van der Waals surface area contributed by atoms with E-state index >= 15 is 0 Å². The fraction of sp³-hybridized carbons (Fsp3) is 0.222. The van der Waals surface area contributed by atoms with E-state index in [9.17, 15) is 4.79 Å². The van der Waals surface area contributed by atoms with E-state index in [2.05, 4.69) is 10.7 Å². The summed E-state index contributed by atoms with van der Waals surface area (Å²) in [5, 5.41) is 5.07. The van der Waals surface area contributed by atoms with Crippen molar-refractivity contribution < 1.29 is 9.53 Å². The number of benzene rings is 2. The summed E-state index contributed by atoms with van der Waals surface area (Å²) in [5.41, 5.74) is 4.70. The van der Waals surface area contributed by atoms with Crippen molar-refractivity contribution in [1.82, 2.24) is 15.8 Å². The average Bonchev–Trinajstić information content (AvgIpc) is 2.60. The molecule has 0 fully saturated rings. The summed E-state index contributed by atoms with van der Waals surface area (Å²) in [7, 11) is 3.30. The minimum Gasteiger partial charge on any atom is -0.496 e. The quantitative estimate of drug-likeness (QED) is 0.644. The van der Waals surface area contributed by atoms with Gasteiger partial charge in [0.25, 0.3) is 0 Å². The third-order valence-corrected chi connectivity index (χ3v) is 3.85. The van der Waals surface area contributed by atoms with E-state index < -0.39 is 0 Å². The fourth-order valence-electron chi connectivity index (χ4n) is 2.19. The molecule has 0 aliphatic rings. The van der Waals surface area contributed by atoms with Crippen LogP contribution in [0.25, 0.3) is 0 Å². The molecule has 2 aromatic carbocycles. The number of ether oxygens (including phenoxy) is 1. The van der Waals surface area contributed by atoms with E-state index in [0.717, 1.165) is 11.1 Å². The van der Waals surface area contributed by atoms with Gasteiger partial charge in [-0.15, -0.1) is 0 Å². The lowest BCUT2D eigenvalue weighted by Gasteiger charge is -2.22. The third-order valence-electron chi connectivity index (χ3n) is 3.43. The highest BCUT2D eigenvalue weighted by Crippen LogP contribution is 2.17. The maximum absolute atomic E-state index is 12.2. The van der Waals surface area contributed by atoms with Crippen LogP contribution in [0.3, 0.4) is 0 Å². The van der Waals surface area contributed by atoms with Crippen molar-refractivity contribution >= 4 is 23.2 Å². The van der Waals surface area contributed by atoms with Gasteiger partial charge in [0, 0.05) is 19.2 Å². The number of methoxy groups -OCH3 is 1. The van der Waals surface area contributed by atoms with Crippen LogP contribution in [0.5, 0.6) is 5.75 Å². The lowest BCUT2D eigenvalue weighted by molar-refractivity contribution is -0.123. The maximum Gasteiger partial charge on any atom is 0.243 e. The number of carbonyl (C=O) groups excluding carboxylic acids is 1. The lowest BCUT2D eigenvalue weighted by atomic mass is 10.1. The molecule has 24 heavy (non-hydrogen) atoms. The second-order valence-corrected chi connectivity index (χ2v) is 5.61. The molecule has 1 amide bonds. The first-order chi connectivity index (χ1) is 11.6. The fourth-order valence-corrected chi connectivity index (χ4v) is 2.31. The molecule has 2 aromatic rings. The van der Waals surface area contributed by atoms with E-state index in [1.165, 1.54) is 5.01 Å². The third kappa shape index (κ3) is 5.24. The molecule has 0 aromatic heterocycles. The van der Waals surface area contributed by atoms with E-state index in [-0.39, 0.29) is 12.3 Å². The average molecular weight is 343 g/mol. The Balaban J connectivity index is 1.83. The lowest BCUT2D eigenvalue weighted by Crippen LogP contribution is -2.48. The van der Waals surface area contributed by atoms with E-state index in [1.54, 1.807) is 14.2 Å². The van der Waals surface area contributed by atoms with Crippen LogP contribution in [0.1, 0.15) is 11.1 Å². The second-order valence-electron chi connectivity index (χ2n) is 5.23. The molecule has 0 aliphatic carbocycles. The molecule has 2 rings (SSSR count). The van der Waals surface area contributed by atoms with Crippen molar-refractivity contribution in [1.29, 1.82) is 0 Å². The Hall–Kier alpha value is -2.60. The van der Waals surface area contributed by atoms with Crippen molar-refractivity contribution in [2.75, 3.05) is 14.2 Å². The van der Waals surface area contributed by atoms with Crippen molar-refractivity contribution in [3.05, 3.63) is 65.7 Å². The standard InChI is InChI=1S/C18H21N3O2S/c1-21(18(24)19-13-14-8-4-3-5-9-14)20-17(22)12-15-10-6-7-11-16(15)23-2/h3-11H,12-13H2,1-2H3,(H,19,24)(H,20,22). The van der Waals surface area contributed by atoms with Gasteiger partial charge in [-0.2, -0.15) is 0 Å². The van der Waals surface area contributed by atoms with Gasteiger partial charge in [0.15, 0.2) is 5.11 Å². The summed E-state index contributed by atoms with van der Waals surface area (Å²) < 4.78 is 5.25. The number of nitrogens with zero attached hydrogens (tertiary/aromatic N) is 1. The number of nitrogens with one attached hydrogen (secondary N) is 2. The Morgan fingerprint density at radius 2 is 1.79 bits per heavy atom. The van der Waals surface area contributed by atoms with Crippen LogP contribution in [0.4, 0.5) is 0 Å². The predicted octanol–water partition coefficient (Wildman–Crippen LogP) is 2.28. The van der Waals surface area contributed by atoms with Crippen molar-refractivity contribution in [3.8, 4) is 5.75 Å². The zero-order valence-electron chi connectivity index (χ0n) is 13.8. The molecule has 2 N–H and O–H groups in total. The minimum atomic E-state index is -0.161. The largest absolute Gasteiger partial charge is 0.496 e. The zero-order valence-corrected chi connectivity index (χ0v) is 14.6. The molecule has 0 spiro atoms. The molecule has 0 bridgehead atoms. The Kier molecular flexibility index (Phi) is 6.57. The van der Waals surface area contributed by atoms with Gasteiger partial charge in [0.2, 0.25) is 5.91 Å². The number of para-hydroxylation sites is 1. The highest BCUT2D eigenvalue weighted by Gasteiger charge is 2.11. The molecule has 0 heterocycles. The van der Waals surface area contributed by atoms with Crippen LogP contribution in [0.15, 0.2) is 54.6 Å².